The molecular formula is C14H18BrNO3. The van der Waals surface area contributed by atoms with Crippen LogP contribution in [0.4, 0.5) is 0 Å². The fraction of sp³-hybridized carbons (Fsp3) is 0.500. The van der Waals surface area contributed by atoms with Crippen molar-refractivity contribution >= 4 is 21.9 Å². The first kappa shape index (κ1) is 14.5. The smallest absolute Gasteiger partial charge is 0.337 e. The minimum atomic E-state index is -0.323. The second-order valence-corrected chi connectivity index (χ2v) is 5.87. The zero-order valence-electron chi connectivity index (χ0n) is 11.2. The molecule has 19 heavy (non-hydrogen) atoms. The molecule has 1 fully saturated rings. The Kier molecular flexibility index (Phi) is 4.60. The Balaban J connectivity index is 2.03. The third-order valence-corrected chi connectivity index (χ3v) is 4.14. The lowest BCUT2D eigenvalue weighted by Crippen LogP contribution is -2.42. The number of rotatable bonds is 4. The molecule has 5 heteroatoms. The second kappa shape index (κ2) is 6.03. The van der Waals surface area contributed by atoms with Crippen LogP contribution in [-0.4, -0.2) is 31.8 Å². The van der Waals surface area contributed by atoms with Crippen LogP contribution >= 0.6 is 15.9 Å². The van der Waals surface area contributed by atoms with E-state index < -0.39 is 0 Å². The van der Waals surface area contributed by atoms with Crippen molar-refractivity contribution in [2.45, 2.75) is 25.4 Å². The topological polar surface area (TPSA) is 47.6 Å². The largest absolute Gasteiger partial charge is 0.465 e. The number of esters is 1. The highest BCUT2D eigenvalue weighted by Gasteiger charge is 2.28. The van der Waals surface area contributed by atoms with Gasteiger partial charge in [-0.05, 0) is 31.0 Å². The van der Waals surface area contributed by atoms with Crippen molar-refractivity contribution in [1.29, 1.82) is 0 Å². The first-order chi connectivity index (χ1) is 9.04. The lowest BCUT2D eigenvalue weighted by atomic mass is 10.0. The van der Waals surface area contributed by atoms with Crippen LogP contribution in [0.1, 0.15) is 29.3 Å². The van der Waals surface area contributed by atoms with Crippen LogP contribution in [0.25, 0.3) is 0 Å². The van der Waals surface area contributed by atoms with Crippen LogP contribution in [0.15, 0.2) is 22.7 Å². The molecule has 1 heterocycles. The fourth-order valence-electron chi connectivity index (χ4n) is 2.05. The van der Waals surface area contributed by atoms with Crippen molar-refractivity contribution in [3.63, 3.8) is 0 Å². The zero-order chi connectivity index (χ0) is 13.9. The minimum absolute atomic E-state index is 0.0421. The lowest BCUT2D eigenvalue weighted by molar-refractivity contribution is 0.0600. The van der Waals surface area contributed by atoms with E-state index >= 15 is 0 Å². The molecule has 1 saturated heterocycles. The third-order valence-electron chi connectivity index (χ3n) is 3.40. The van der Waals surface area contributed by atoms with Gasteiger partial charge < -0.3 is 14.8 Å². The summed E-state index contributed by atoms with van der Waals surface area (Å²) in [6.07, 6.45) is 1.02. The molecule has 0 bridgehead atoms. The van der Waals surface area contributed by atoms with Gasteiger partial charge in [0.1, 0.15) is 0 Å². The van der Waals surface area contributed by atoms with Crippen molar-refractivity contribution in [1.82, 2.24) is 5.32 Å². The Morgan fingerprint density at radius 2 is 2.37 bits per heavy atom. The Bertz CT molecular complexity index is 470. The predicted molar refractivity (Wildman–Crippen MR) is 76.2 cm³/mol. The number of carbonyl (C=O) groups is 1. The fourth-order valence-corrected chi connectivity index (χ4v) is 2.57. The number of hydrogen-bond acceptors (Lipinski definition) is 4. The van der Waals surface area contributed by atoms with E-state index in [0.29, 0.717) is 5.56 Å². The van der Waals surface area contributed by atoms with Crippen molar-refractivity contribution in [2.24, 2.45) is 0 Å². The highest BCUT2D eigenvalue weighted by Crippen LogP contribution is 2.22. The molecule has 0 aliphatic carbocycles. The molecule has 0 aromatic heterocycles. The Morgan fingerprint density at radius 1 is 1.58 bits per heavy atom. The Hall–Kier alpha value is -0.910. The summed E-state index contributed by atoms with van der Waals surface area (Å²) in [5.74, 6) is -0.323. The number of halogens is 1. The molecule has 2 rings (SSSR count). The van der Waals surface area contributed by atoms with Crippen LogP contribution < -0.4 is 5.32 Å². The second-order valence-electron chi connectivity index (χ2n) is 5.01. The van der Waals surface area contributed by atoms with E-state index in [4.69, 9.17) is 9.47 Å². The van der Waals surface area contributed by atoms with Gasteiger partial charge in [0.15, 0.2) is 0 Å². The molecule has 1 N–H and O–H groups in total. The number of hydrogen-bond donors (Lipinski definition) is 1. The quantitative estimate of drug-likeness (QED) is 0.863. The maximum absolute atomic E-state index is 11.4. The summed E-state index contributed by atoms with van der Waals surface area (Å²) in [5, 5.41) is 3.51. The van der Waals surface area contributed by atoms with Gasteiger partial charge in [0, 0.05) is 23.2 Å². The van der Waals surface area contributed by atoms with Gasteiger partial charge in [-0.1, -0.05) is 22.0 Å². The summed E-state index contributed by atoms with van der Waals surface area (Å²) in [6, 6.07) is 5.50. The van der Waals surface area contributed by atoms with E-state index in [9.17, 15) is 4.79 Å². The minimum Gasteiger partial charge on any atom is -0.465 e. The summed E-state index contributed by atoms with van der Waals surface area (Å²) in [4.78, 5) is 11.4. The van der Waals surface area contributed by atoms with Gasteiger partial charge in [-0.25, -0.2) is 4.79 Å². The maximum Gasteiger partial charge on any atom is 0.337 e. The summed E-state index contributed by atoms with van der Waals surface area (Å²) in [6.45, 7) is 4.45. The highest BCUT2D eigenvalue weighted by atomic mass is 79.9. The van der Waals surface area contributed by atoms with Crippen LogP contribution in [0, 0.1) is 0 Å². The summed E-state index contributed by atoms with van der Waals surface area (Å²) in [5.41, 5.74) is 1.70. The third kappa shape index (κ3) is 3.55. The van der Waals surface area contributed by atoms with Gasteiger partial charge >= 0.3 is 5.97 Å². The van der Waals surface area contributed by atoms with E-state index in [1.165, 1.54) is 7.11 Å². The van der Waals surface area contributed by atoms with E-state index in [-0.39, 0.29) is 11.5 Å². The van der Waals surface area contributed by atoms with Gasteiger partial charge in [-0.3, -0.25) is 0 Å². The van der Waals surface area contributed by atoms with Crippen molar-refractivity contribution < 1.29 is 14.3 Å². The van der Waals surface area contributed by atoms with Gasteiger partial charge in [0.05, 0.1) is 19.3 Å². The van der Waals surface area contributed by atoms with Crippen LogP contribution in [0.3, 0.4) is 0 Å². The van der Waals surface area contributed by atoms with Crippen molar-refractivity contribution in [3.05, 3.63) is 33.8 Å². The molecule has 0 amide bonds. The summed E-state index contributed by atoms with van der Waals surface area (Å²) < 4.78 is 11.0. The summed E-state index contributed by atoms with van der Waals surface area (Å²) in [7, 11) is 1.38. The van der Waals surface area contributed by atoms with Crippen LogP contribution in [0.5, 0.6) is 0 Å². The molecule has 0 spiro atoms. The van der Waals surface area contributed by atoms with Gasteiger partial charge in [0.2, 0.25) is 0 Å². The van der Waals surface area contributed by atoms with E-state index in [0.717, 1.165) is 36.2 Å². The SMILES string of the molecule is COC(=O)c1ccc(CNC2(C)CCOC2)c(Br)c1. The first-order valence-corrected chi connectivity index (χ1v) is 7.03. The zero-order valence-corrected chi connectivity index (χ0v) is 12.7. The predicted octanol–water partition coefficient (Wildman–Crippen LogP) is 2.50. The van der Waals surface area contributed by atoms with E-state index in [1.54, 1.807) is 12.1 Å². The molecule has 0 radical (unpaired) electrons. The molecule has 1 unspecified atom stereocenters. The monoisotopic (exact) mass is 327 g/mol. The molecule has 1 aromatic carbocycles. The standard InChI is InChI=1S/C14H18BrNO3/c1-14(5-6-19-9-14)16-8-11-4-3-10(7-12(11)15)13(17)18-2/h3-4,7,16H,5-6,8-9H2,1-2H3. The highest BCUT2D eigenvalue weighted by molar-refractivity contribution is 9.10. The van der Waals surface area contributed by atoms with Crippen LogP contribution in [-0.2, 0) is 16.0 Å². The molecular weight excluding hydrogens is 310 g/mol. The number of benzene rings is 1. The molecule has 104 valence electrons. The van der Waals surface area contributed by atoms with Gasteiger partial charge in [-0.2, -0.15) is 0 Å². The lowest BCUT2D eigenvalue weighted by Gasteiger charge is -2.24. The first-order valence-electron chi connectivity index (χ1n) is 6.24. The van der Waals surface area contributed by atoms with Gasteiger partial charge in [-0.15, -0.1) is 0 Å². The number of nitrogens with one attached hydrogen (secondary N) is 1. The average Bonchev–Trinajstić information content (AvgIpc) is 2.83. The molecule has 4 nitrogen and oxygen atoms in total. The number of ether oxygens (including phenoxy) is 2. The normalized spacial score (nSPS) is 22.5. The molecule has 0 saturated carbocycles. The van der Waals surface area contributed by atoms with Crippen molar-refractivity contribution in [3.8, 4) is 0 Å². The number of methoxy groups -OCH3 is 1. The summed E-state index contributed by atoms with van der Waals surface area (Å²) >= 11 is 3.49. The van der Waals surface area contributed by atoms with Gasteiger partial charge in [0.25, 0.3) is 0 Å². The number of carbonyl (C=O) groups excluding carboxylic acids is 1. The average molecular weight is 328 g/mol. The molecule has 1 aliphatic heterocycles. The Morgan fingerprint density at radius 3 is 2.95 bits per heavy atom. The molecule has 1 aromatic rings. The van der Waals surface area contributed by atoms with Crippen LogP contribution in [0.2, 0.25) is 0 Å². The van der Waals surface area contributed by atoms with Crippen molar-refractivity contribution in [2.75, 3.05) is 20.3 Å². The Labute approximate surface area is 121 Å². The maximum atomic E-state index is 11.4. The van der Waals surface area contributed by atoms with E-state index in [1.807, 2.05) is 6.07 Å². The molecule has 1 aliphatic rings. The molecule has 1 atom stereocenters. The van der Waals surface area contributed by atoms with E-state index in [2.05, 4.69) is 28.2 Å².